The van der Waals surface area contributed by atoms with Crippen LogP contribution in [0.15, 0.2) is 0 Å². The second-order valence-corrected chi connectivity index (χ2v) is 11.0. The number of hydrogen-bond acceptors (Lipinski definition) is 1. The Hall–Kier alpha value is 0.690. The maximum atomic E-state index is 2.87. The SMILES string of the molecule is CC(C)C1CCC([I-]N2CCC(C(C)C)CC2)CC1. The average Bonchev–Trinajstić information content (AvgIpc) is 2.40. The van der Waals surface area contributed by atoms with Gasteiger partial charge >= 0.3 is 131 Å². The fourth-order valence-electron chi connectivity index (χ4n) is 3.67. The standard InChI is InChI=1S/C17H33IN/c1-13(2)15-5-7-17(8-6-15)18-19-11-9-16(10-12-19)14(3)4/h13-17H,5-12H2,1-4H3/q-1. The molecule has 0 spiro atoms. The van der Waals surface area contributed by atoms with E-state index in [-0.39, 0.29) is 0 Å². The summed E-state index contributed by atoms with van der Waals surface area (Å²) >= 11 is 0.337. The van der Waals surface area contributed by atoms with Crippen molar-refractivity contribution in [3.63, 3.8) is 0 Å². The molecular weight excluding hydrogens is 345 g/mol. The van der Waals surface area contributed by atoms with Crippen molar-refractivity contribution in [3.8, 4) is 0 Å². The minimum atomic E-state index is 0.337. The Bertz CT molecular complexity index is 222. The van der Waals surface area contributed by atoms with E-state index in [1.54, 1.807) is 12.8 Å². The normalized spacial score (nSPS) is 31.5. The summed E-state index contributed by atoms with van der Waals surface area (Å²) in [5.41, 5.74) is 0. The zero-order valence-corrected chi connectivity index (χ0v) is 15.5. The Morgan fingerprint density at radius 3 is 1.68 bits per heavy atom. The van der Waals surface area contributed by atoms with Crippen LogP contribution in [0.25, 0.3) is 0 Å². The van der Waals surface area contributed by atoms with Gasteiger partial charge in [0.25, 0.3) is 0 Å². The van der Waals surface area contributed by atoms with E-state index in [1.807, 2.05) is 0 Å². The zero-order chi connectivity index (χ0) is 13.8. The second kappa shape index (κ2) is 7.63. The molecule has 2 rings (SSSR count). The van der Waals surface area contributed by atoms with Gasteiger partial charge in [0, 0.05) is 0 Å². The molecule has 0 N–H and O–H groups in total. The summed E-state index contributed by atoms with van der Waals surface area (Å²) in [5, 5.41) is 0. The first-order chi connectivity index (χ1) is 9.06. The molecule has 1 aliphatic heterocycles. The summed E-state index contributed by atoms with van der Waals surface area (Å²) < 4.78 is 3.99. The predicted molar refractivity (Wildman–Crippen MR) is 79.7 cm³/mol. The Morgan fingerprint density at radius 2 is 1.21 bits per heavy atom. The van der Waals surface area contributed by atoms with Crippen molar-refractivity contribution in [2.24, 2.45) is 23.7 Å². The third-order valence-corrected chi connectivity index (χ3v) is 9.13. The Labute approximate surface area is 131 Å². The molecule has 0 aromatic heterocycles. The van der Waals surface area contributed by atoms with Gasteiger partial charge in [-0.3, -0.25) is 0 Å². The molecule has 2 heteroatoms. The van der Waals surface area contributed by atoms with Gasteiger partial charge in [-0.25, -0.2) is 0 Å². The molecule has 0 unspecified atom stereocenters. The van der Waals surface area contributed by atoms with E-state index in [1.165, 1.54) is 38.8 Å². The van der Waals surface area contributed by atoms with Gasteiger partial charge in [-0.1, -0.05) is 0 Å². The average molecular weight is 378 g/mol. The molecule has 19 heavy (non-hydrogen) atoms. The summed E-state index contributed by atoms with van der Waals surface area (Å²) in [6.45, 7) is 12.5. The van der Waals surface area contributed by atoms with Crippen LogP contribution in [0, 0.1) is 23.7 Å². The maximum absolute atomic E-state index is 2.87. The summed E-state index contributed by atoms with van der Waals surface area (Å²) in [7, 11) is 0. The molecular formula is C17H33IN-. The molecule has 0 aromatic rings. The molecule has 0 bridgehead atoms. The molecule has 2 aliphatic rings. The molecule has 1 heterocycles. The third kappa shape index (κ3) is 4.87. The molecule has 0 amide bonds. The van der Waals surface area contributed by atoms with E-state index in [9.17, 15) is 0 Å². The molecule has 0 radical (unpaired) electrons. The van der Waals surface area contributed by atoms with E-state index >= 15 is 0 Å². The number of piperidine rings is 1. The summed E-state index contributed by atoms with van der Waals surface area (Å²) in [6.07, 6.45) is 9.06. The number of alkyl halides is 1. The molecule has 1 saturated carbocycles. The van der Waals surface area contributed by atoms with Crippen molar-refractivity contribution < 1.29 is 21.5 Å². The van der Waals surface area contributed by atoms with Gasteiger partial charge in [-0.05, 0) is 0 Å². The van der Waals surface area contributed by atoms with Crippen LogP contribution >= 0.6 is 0 Å². The van der Waals surface area contributed by atoms with Crippen molar-refractivity contribution in [1.29, 1.82) is 0 Å². The van der Waals surface area contributed by atoms with E-state index < -0.39 is 0 Å². The van der Waals surface area contributed by atoms with Crippen molar-refractivity contribution in [3.05, 3.63) is 0 Å². The minimum absolute atomic E-state index is 0.337. The van der Waals surface area contributed by atoms with Gasteiger partial charge in [0.15, 0.2) is 0 Å². The van der Waals surface area contributed by atoms with Crippen LogP contribution in [-0.2, 0) is 0 Å². The quantitative estimate of drug-likeness (QED) is 0.408. The van der Waals surface area contributed by atoms with Gasteiger partial charge in [-0.2, -0.15) is 0 Å². The fourth-order valence-corrected chi connectivity index (χ4v) is 7.17. The van der Waals surface area contributed by atoms with Crippen molar-refractivity contribution in [2.75, 3.05) is 13.1 Å². The van der Waals surface area contributed by atoms with Crippen LogP contribution in [0.3, 0.4) is 0 Å². The van der Waals surface area contributed by atoms with Gasteiger partial charge in [0.05, 0.1) is 0 Å². The Balaban J connectivity index is 1.67. The first-order valence-electron chi connectivity index (χ1n) is 8.45. The van der Waals surface area contributed by atoms with Crippen LogP contribution in [0.5, 0.6) is 0 Å². The Kier molecular flexibility index (Phi) is 6.45. The van der Waals surface area contributed by atoms with E-state index in [0.29, 0.717) is 21.5 Å². The number of halogens is 1. The molecule has 0 atom stereocenters. The van der Waals surface area contributed by atoms with Gasteiger partial charge in [0.1, 0.15) is 0 Å². The first kappa shape index (κ1) is 16.1. The van der Waals surface area contributed by atoms with Gasteiger partial charge in [0.2, 0.25) is 0 Å². The van der Waals surface area contributed by atoms with Crippen molar-refractivity contribution >= 4 is 0 Å². The van der Waals surface area contributed by atoms with Crippen molar-refractivity contribution in [2.45, 2.75) is 70.1 Å². The first-order valence-corrected chi connectivity index (χ1v) is 10.7. The molecule has 1 saturated heterocycles. The predicted octanol–water partition coefficient (Wildman–Crippen LogP) is 1.57. The van der Waals surface area contributed by atoms with Crippen molar-refractivity contribution in [1.82, 2.24) is 3.11 Å². The fraction of sp³-hybridized carbons (Fsp3) is 1.00. The summed E-state index contributed by atoms with van der Waals surface area (Å²) in [4.78, 5) is 0. The number of hydrogen-bond donors (Lipinski definition) is 0. The summed E-state index contributed by atoms with van der Waals surface area (Å²) in [6, 6.07) is 0. The van der Waals surface area contributed by atoms with Crippen LogP contribution in [0.1, 0.15) is 66.2 Å². The molecule has 1 nitrogen and oxygen atoms in total. The number of nitrogens with zero attached hydrogens (tertiary/aromatic N) is 1. The van der Waals surface area contributed by atoms with Gasteiger partial charge in [-0.15, -0.1) is 0 Å². The molecule has 2 fully saturated rings. The second-order valence-electron chi connectivity index (χ2n) is 7.34. The van der Waals surface area contributed by atoms with Crippen LogP contribution in [0.2, 0.25) is 0 Å². The van der Waals surface area contributed by atoms with E-state index in [4.69, 9.17) is 0 Å². The Morgan fingerprint density at radius 1 is 0.737 bits per heavy atom. The van der Waals surface area contributed by atoms with Crippen LogP contribution in [-0.4, -0.2) is 20.1 Å². The monoisotopic (exact) mass is 378 g/mol. The molecule has 1 aliphatic carbocycles. The van der Waals surface area contributed by atoms with E-state index in [0.717, 1.165) is 27.6 Å². The zero-order valence-electron chi connectivity index (χ0n) is 13.4. The van der Waals surface area contributed by atoms with Crippen LogP contribution in [0.4, 0.5) is 0 Å². The molecule has 0 aromatic carbocycles. The topological polar surface area (TPSA) is 3.24 Å². The van der Waals surface area contributed by atoms with Gasteiger partial charge < -0.3 is 0 Å². The third-order valence-electron chi connectivity index (χ3n) is 5.35. The van der Waals surface area contributed by atoms with E-state index in [2.05, 4.69) is 30.8 Å². The summed E-state index contributed by atoms with van der Waals surface area (Å²) in [5.74, 6) is 3.87. The number of rotatable bonds is 4. The van der Waals surface area contributed by atoms with Crippen LogP contribution < -0.4 is 21.5 Å². The molecule has 114 valence electrons.